The van der Waals surface area contributed by atoms with E-state index in [4.69, 9.17) is 4.74 Å². The highest BCUT2D eigenvalue weighted by Crippen LogP contribution is 2.21. The lowest BCUT2D eigenvalue weighted by molar-refractivity contribution is -0.387. The number of hydrogen-bond donors (Lipinski definition) is 1. The highest BCUT2D eigenvalue weighted by Gasteiger charge is 2.25. The van der Waals surface area contributed by atoms with Gasteiger partial charge in [-0.1, -0.05) is 18.2 Å². The van der Waals surface area contributed by atoms with Gasteiger partial charge in [-0.25, -0.2) is 4.79 Å². The summed E-state index contributed by atoms with van der Waals surface area (Å²) in [5.41, 5.74) is -0.482. The Kier molecular flexibility index (Phi) is 7.68. The number of benzene rings is 2. The minimum Gasteiger partial charge on any atom is -0.497 e. The predicted octanol–water partition coefficient (Wildman–Crippen LogP) is 3.38. The van der Waals surface area contributed by atoms with Crippen molar-refractivity contribution in [2.45, 2.75) is 13.5 Å². The average molecular weight is 419 g/mol. The second kappa shape index (κ2) is 10.2. The van der Waals surface area contributed by atoms with Gasteiger partial charge < -0.3 is 19.6 Å². The van der Waals surface area contributed by atoms with E-state index in [0.717, 1.165) is 16.5 Å². The molecular formula is C20H22FN3O6. The van der Waals surface area contributed by atoms with Crippen LogP contribution < -0.4 is 4.74 Å². The molecule has 0 heterocycles. The summed E-state index contributed by atoms with van der Waals surface area (Å²) < 4.78 is 19.4. The second-order valence-corrected chi connectivity index (χ2v) is 6.33. The first-order valence-corrected chi connectivity index (χ1v) is 9.11. The number of rotatable bonds is 9. The van der Waals surface area contributed by atoms with Crippen molar-refractivity contribution in [2.24, 2.45) is 0 Å². The van der Waals surface area contributed by atoms with E-state index < -0.39 is 34.0 Å². The molecule has 2 rings (SSSR count). The number of carboxylic acid groups (broad SMARTS) is 1. The summed E-state index contributed by atoms with van der Waals surface area (Å²) in [6.07, 6.45) is -1.17. The molecule has 0 radical (unpaired) electrons. The monoisotopic (exact) mass is 419 g/mol. The van der Waals surface area contributed by atoms with Crippen LogP contribution in [-0.2, 0) is 6.54 Å². The van der Waals surface area contributed by atoms with Crippen LogP contribution >= 0.6 is 0 Å². The lowest BCUT2D eigenvalue weighted by Gasteiger charge is -2.26. The van der Waals surface area contributed by atoms with Gasteiger partial charge in [0, 0.05) is 32.2 Å². The van der Waals surface area contributed by atoms with Gasteiger partial charge in [0.2, 0.25) is 5.82 Å². The average Bonchev–Trinajstić information content (AvgIpc) is 2.73. The number of nitrogens with zero attached hydrogens (tertiary/aromatic N) is 3. The summed E-state index contributed by atoms with van der Waals surface area (Å²) >= 11 is 0. The lowest BCUT2D eigenvalue weighted by Crippen LogP contribution is -2.40. The number of amides is 2. The first-order chi connectivity index (χ1) is 14.3. The summed E-state index contributed by atoms with van der Waals surface area (Å²) in [5.74, 6) is -1.31. The SMILES string of the molecule is CCN(CCN(Cc1ccc(OC)cc1)C(=O)O)C(=O)c1cccc([N+](=O)[O-])c1F. The van der Waals surface area contributed by atoms with Gasteiger partial charge in [-0.15, -0.1) is 0 Å². The van der Waals surface area contributed by atoms with Crippen molar-refractivity contribution < 1.29 is 28.7 Å². The van der Waals surface area contributed by atoms with Crippen LogP contribution in [0, 0.1) is 15.9 Å². The van der Waals surface area contributed by atoms with Crippen molar-refractivity contribution in [2.75, 3.05) is 26.7 Å². The molecule has 2 aromatic carbocycles. The third-order valence-corrected chi connectivity index (χ3v) is 4.52. The normalized spacial score (nSPS) is 10.4. The van der Waals surface area contributed by atoms with E-state index in [1.54, 1.807) is 31.2 Å². The van der Waals surface area contributed by atoms with Crippen LogP contribution in [0.25, 0.3) is 0 Å². The number of hydrogen-bond acceptors (Lipinski definition) is 5. The van der Waals surface area contributed by atoms with E-state index in [-0.39, 0.29) is 26.2 Å². The Morgan fingerprint density at radius 1 is 1.13 bits per heavy atom. The molecule has 0 aliphatic rings. The number of carbonyl (C=O) groups is 2. The summed E-state index contributed by atoms with van der Waals surface area (Å²) in [6, 6.07) is 10.3. The molecule has 2 amide bonds. The maximum Gasteiger partial charge on any atom is 0.407 e. The van der Waals surface area contributed by atoms with Crippen molar-refractivity contribution in [1.82, 2.24) is 9.80 Å². The molecule has 9 nitrogen and oxygen atoms in total. The molecular weight excluding hydrogens is 397 g/mol. The smallest absolute Gasteiger partial charge is 0.407 e. The predicted molar refractivity (Wildman–Crippen MR) is 106 cm³/mol. The molecule has 0 saturated carbocycles. The molecule has 160 valence electrons. The van der Waals surface area contributed by atoms with E-state index >= 15 is 0 Å². The van der Waals surface area contributed by atoms with Crippen molar-refractivity contribution >= 4 is 17.7 Å². The van der Waals surface area contributed by atoms with Crippen LogP contribution in [-0.4, -0.2) is 58.6 Å². The van der Waals surface area contributed by atoms with Crippen molar-refractivity contribution in [1.29, 1.82) is 0 Å². The van der Waals surface area contributed by atoms with E-state index in [2.05, 4.69) is 0 Å². The van der Waals surface area contributed by atoms with Gasteiger partial charge in [-0.2, -0.15) is 4.39 Å². The summed E-state index contributed by atoms with van der Waals surface area (Å²) in [6.45, 7) is 1.91. The molecule has 30 heavy (non-hydrogen) atoms. The van der Waals surface area contributed by atoms with Crippen LogP contribution in [0.15, 0.2) is 42.5 Å². The minimum absolute atomic E-state index is 0.0000794. The van der Waals surface area contributed by atoms with Gasteiger partial charge in [0.15, 0.2) is 0 Å². The molecule has 0 saturated heterocycles. The third kappa shape index (κ3) is 5.43. The Hall–Kier alpha value is -3.69. The zero-order valence-electron chi connectivity index (χ0n) is 16.6. The van der Waals surface area contributed by atoms with Gasteiger partial charge in [-0.3, -0.25) is 14.9 Å². The molecule has 0 atom stereocenters. The molecule has 0 fully saturated rings. The Morgan fingerprint density at radius 3 is 2.30 bits per heavy atom. The largest absolute Gasteiger partial charge is 0.497 e. The second-order valence-electron chi connectivity index (χ2n) is 6.33. The standard InChI is InChI=1S/C20H22FN3O6/c1-3-22(19(25)16-5-4-6-17(18(16)21)24(28)29)11-12-23(20(26)27)13-14-7-9-15(30-2)10-8-14/h4-10H,3,11-13H2,1-2H3,(H,26,27). The number of likely N-dealkylation sites (N-methyl/N-ethyl adjacent to an activating group) is 1. The Morgan fingerprint density at radius 2 is 1.77 bits per heavy atom. The lowest BCUT2D eigenvalue weighted by atomic mass is 10.1. The van der Waals surface area contributed by atoms with E-state index in [0.29, 0.717) is 5.75 Å². The van der Waals surface area contributed by atoms with E-state index in [1.165, 1.54) is 24.1 Å². The Bertz CT molecular complexity index is 919. The Labute approximate surface area is 172 Å². The fourth-order valence-corrected chi connectivity index (χ4v) is 2.83. The summed E-state index contributed by atoms with van der Waals surface area (Å²) in [5, 5.41) is 20.4. The van der Waals surface area contributed by atoms with Gasteiger partial charge >= 0.3 is 11.8 Å². The van der Waals surface area contributed by atoms with E-state index in [1.807, 2.05) is 0 Å². The molecule has 10 heteroatoms. The molecule has 0 bridgehead atoms. The van der Waals surface area contributed by atoms with Crippen molar-refractivity contribution in [3.63, 3.8) is 0 Å². The van der Waals surface area contributed by atoms with Crippen molar-refractivity contribution in [3.05, 3.63) is 69.5 Å². The fraction of sp³-hybridized carbons (Fsp3) is 0.300. The highest BCUT2D eigenvalue weighted by atomic mass is 19.1. The topological polar surface area (TPSA) is 113 Å². The van der Waals surface area contributed by atoms with Crippen LogP contribution in [0.5, 0.6) is 5.75 Å². The number of ether oxygens (including phenoxy) is 1. The minimum atomic E-state index is -1.21. The number of carbonyl (C=O) groups excluding carboxylic acids is 1. The quantitative estimate of drug-likeness (QED) is 0.492. The molecule has 0 aliphatic heterocycles. The number of halogens is 1. The van der Waals surface area contributed by atoms with Gasteiger partial charge in [0.25, 0.3) is 5.91 Å². The van der Waals surface area contributed by atoms with Crippen LogP contribution in [0.1, 0.15) is 22.8 Å². The molecule has 0 aliphatic carbocycles. The third-order valence-electron chi connectivity index (χ3n) is 4.52. The zero-order valence-corrected chi connectivity index (χ0v) is 16.6. The van der Waals surface area contributed by atoms with Gasteiger partial charge in [0.05, 0.1) is 17.6 Å². The van der Waals surface area contributed by atoms with Crippen LogP contribution in [0.4, 0.5) is 14.9 Å². The zero-order chi connectivity index (χ0) is 22.3. The first kappa shape index (κ1) is 22.6. The highest BCUT2D eigenvalue weighted by molar-refractivity contribution is 5.95. The summed E-state index contributed by atoms with van der Waals surface area (Å²) in [7, 11) is 1.53. The van der Waals surface area contributed by atoms with Crippen LogP contribution in [0.3, 0.4) is 0 Å². The van der Waals surface area contributed by atoms with Crippen LogP contribution in [0.2, 0.25) is 0 Å². The maximum atomic E-state index is 14.3. The number of nitro benzene ring substituents is 1. The number of nitro groups is 1. The Balaban J connectivity index is 2.11. The summed E-state index contributed by atoms with van der Waals surface area (Å²) in [4.78, 5) is 36.6. The fourth-order valence-electron chi connectivity index (χ4n) is 2.83. The molecule has 0 unspecified atom stereocenters. The van der Waals surface area contributed by atoms with Gasteiger partial charge in [0.1, 0.15) is 5.75 Å². The van der Waals surface area contributed by atoms with Crippen molar-refractivity contribution in [3.8, 4) is 5.75 Å². The van der Waals surface area contributed by atoms with E-state index in [9.17, 15) is 29.2 Å². The molecule has 0 aromatic heterocycles. The number of methoxy groups -OCH3 is 1. The first-order valence-electron chi connectivity index (χ1n) is 9.11. The maximum absolute atomic E-state index is 14.3. The van der Waals surface area contributed by atoms with Gasteiger partial charge in [-0.05, 0) is 30.7 Å². The molecule has 2 aromatic rings. The molecule has 1 N–H and O–H groups in total. The molecule has 0 spiro atoms.